The standard InChI is InChI=1S/2C10H8O/c2*1-7-6-8-4-2-3-5-9(8)10(7)11/h2*2-6H,1H3. The molecule has 0 saturated heterocycles. The second-order valence-corrected chi connectivity index (χ2v) is 5.49. The Balaban J connectivity index is 0.000000131. The highest BCUT2D eigenvalue weighted by Crippen LogP contribution is 2.24. The van der Waals surface area contributed by atoms with Crippen LogP contribution in [-0.2, 0) is 0 Å². The van der Waals surface area contributed by atoms with Gasteiger partial charge in [-0.2, -0.15) is 0 Å². The molecule has 0 aromatic heterocycles. The zero-order chi connectivity index (χ0) is 15.7. The molecular formula is C20H16O2. The third kappa shape index (κ3) is 2.44. The minimum atomic E-state index is 0.167. The van der Waals surface area contributed by atoms with E-state index in [0.717, 1.165) is 33.4 Å². The Kier molecular flexibility index (Phi) is 3.60. The van der Waals surface area contributed by atoms with Crippen LogP contribution in [0.4, 0.5) is 0 Å². The minimum Gasteiger partial charge on any atom is -0.289 e. The van der Waals surface area contributed by atoms with Crippen LogP contribution in [0.3, 0.4) is 0 Å². The van der Waals surface area contributed by atoms with Crippen LogP contribution in [0.15, 0.2) is 59.7 Å². The molecule has 0 heterocycles. The monoisotopic (exact) mass is 288 g/mol. The summed E-state index contributed by atoms with van der Waals surface area (Å²) in [6.07, 6.45) is 3.86. The predicted octanol–water partition coefficient (Wildman–Crippen LogP) is 4.57. The molecule has 2 nitrogen and oxygen atoms in total. The van der Waals surface area contributed by atoms with Gasteiger partial charge in [-0.3, -0.25) is 9.59 Å². The molecule has 0 fully saturated rings. The highest BCUT2D eigenvalue weighted by Gasteiger charge is 2.18. The first-order chi connectivity index (χ1) is 10.6. The number of Topliss-reactive ketones (excluding diaryl/α,β-unsaturated/α-hetero) is 2. The van der Waals surface area contributed by atoms with Crippen molar-refractivity contribution in [2.45, 2.75) is 13.8 Å². The maximum atomic E-state index is 11.3. The molecule has 2 aliphatic carbocycles. The van der Waals surface area contributed by atoms with Gasteiger partial charge >= 0.3 is 0 Å². The number of hydrogen-bond acceptors (Lipinski definition) is 2. The van der Waals surface area contributed by atoms with Crippen LogP contribution in [0.25, 0.3) is 12.2 Å². The summed E-state index contributed by atoms with van der Waals surface area (Å²) in [5.74, 6) is 0.334. The van der Waals surface area contributed by atoms with Gasteiger partial charge in [0.25, 0.3) is 0 Å². The SMILES string of the molecule is CC1=Cc2ccccc2C1=O.CC1=Cc2ccccc2C1=O. The first kappa shape index (κ1) is 14.2. The number of carbonyl (C=O) groups excluding carboxylic acids is 2. The van der Waals surface area contributed by atoms with Crippen LogP contribution in [0.1, 0.15) is 45.7 Å². The lowest BCUT2D eigenvalue weighted by Crippen LogP contribution is -1.94. The Morgan fingerprint density at radius 2 is 0.955 bits per heavy atom. The zero-order valence-electron chi connectivity index (χ0n) is 12.6. The van der Waals surface area contributed by atoms with E-state index < -0.39 is 0 Å². The Labute approximate surface area is 129 Å². The number of rotatable bonds is 0. The predicted molar refractivity (Wildman–Crippen MR) is 88.8 cm³/mol. The Morgan fingerprint density at radius 1 is 0.591 bits per heavy atom. The van der Waals surface area contributed by atoms with Crippen LogP contribution in [0.2, 0.25) is 0 Å². The average Bonchev–Trinajstić information content (AvgIpc) is 2.98. The van der Waals surface area contributed by atoms with E-state index in [1.54, 1.807) is 0 Å². The second kappa shape index (κ2) is 5.57. The van der Waals surface area contributed by atoms with Crippen molar-refractivity contribution in [2.24, 2.45) is 0 Å². The summed E-state index contributed by atoms with van der Waals surface area (Å²) < 4.78 is 0. The molecule has 0 radical (unpaired) electrons. The lowest BCUT2D eigenvalue weighted by atomic mass is 10.1. The van der Waals surface area contributed by atoms with E-state index in [9.17, 15) is 9.59 Å². The molecule has 0 bridgehead atoms. The van der Waals surface area contributed by atoms with Gasteiger partial charge in [-0.15, -0.1) is 0 Å². The number of hydrogen-bond donors (Lipinski definition) is 0. The number of fused-ring (bicyclic) bond motifs is 2. The van der Waals surface area contributed by atoms with Gasteiger partial charge in [0, 0.05) is 11.1 Å². The van der Waals surface area contributed by atoms with Crippen LogP contribution in [-0.4, -0.2) is 11.6 Å². The highest BCUT2D eigenvalue weighted by molar-refractivity contribution is 6.17. The molecule has 22 heavy (non-hydrogen) atoms. The molecule has 0 spiro atoms. The first-order valence-electron chi connectivity index (χ1n) is 7.22. The Bertz CT molecular complexity index is 767. The van der Waals surface area contributed by atoms with Gasteiger partial charge in [0.1, 0.15) is 0 Å². The van der Waals surface area contributed by atoms with Crippen molar-refractivity contribution >= 4 is 23.7 Å². The fraction of sp³-hybridized carbons (Fsp3) is 0.100. The van der Waals surface area contributed by atoms with Gasteiger partial charge in [-0.05, 0) is 48.3 Å². The van der Waals surface area contributed by atoms with E-state index in [1.807, 2.05) is 74.5 Å². The van der Waals surface area contributed by atoms with Crippen molar-refractivity contribution in [2.75, 3.05) is 0 Å². The molecule has 0 aliphatic heterocycles. The van der Waals surface area contributed by atoms with Gasteiger partial charge in [0.15, 0.2) is 11.6 Å². The molecule has 0 N–H and O–H groups in total. The van der Waals surface area contributed by atoms with Crippen molar-refractivity contribution in [1.29, 1.82) is 0 Å². The van der Waals surface area contributed by atoms with E-state index in [1.165, 1.54) is 0 Å². The molecule has 4 rings (SSSR count). The minimum absolute atomic E-state index is 0.167. The summed E-state index contributed by atoms with van der Waals surface area (Å²) in [7, 11) is 0. The van der Waals surface area contributed by atoms with Crippen molar-refractivity contribution in [3.63, 3.8) is 0 Å². The quantitative estimate of drug-likeness (QED) is 0.711. The van der Waals surface area contributed by atoms with E-state index in [4.69, 9.17) is 0 Å². The fourth-order valence-corrected chi connectivity index (χ4v) is 2.68. The molecule has 0 amide bonds. The first-order valence-corrected chi connectivity index (χ1v) is 7.22. The summed E-state index contributed by atoms with van der Waals surface area (Å²) in [5.41, 5.74) is 5.46. The van der Waals surface area contributed by atoms with Crippen molar-refractivity contribution in [3.05, 3.63) is 81.9 Å². The van der Waals surface area contributed by atoms with E-state index >= 15 is 0 Å². The molecule has 2 aromatic carbocycles. The van der Waals surface area contributed by atoms with Crippen molar-refractivity contribution in [1.82, 2.24) is 0 Å². The van der Waals surface area contributed by atoms with E-state index in [0.29, 0.717) is 0 Å². The molecule has 2 aliphatic rings. The molecule has 108 valence electrons. The number of carbonyl (C=O) groups is 2. The summed E-state index contributed by atoms with van der Waals surface area (Å²) in [4.78, 5) is 22.7. The van der Waals surface area contributed by atoms with Crippen LogP contribution in [0, 0.1) is 0 Å². The largest absolute Gasteiger partial charge is 0.289 e. The number of benzene rings is 2. The van der Waals surface area contributed by atoms with Crippen LogP contribution < -0.4 is 0 Å². The summed E-state index contributed by atoms with van der Waals surface area (Å²) in [6.45, 7) is 3.70. The third-order valence-corrected chi connectivity index (χ3v) is 3.87. The Hall–Kier alpha value is -2.74. The highest BCUT2D eigenvalue weighted by atomic mass is 16.1. The lowest BCUT2D eigenvalue weighted by Gasteiger charge is -1.93. The summed E-state index contributed by atoms with van der Waals surface area (Å²) in [5, 5.41) is 0. The maximum absolute atomic E-state index is 11.3. The number of ketones is 2. The van der Waals surface area contributed by atoms with E-state index in [-0.39, 0.29) is 11.6 Å². The van der Waals surface area contributed by atoms with Crippen molar-refractivity contribution < 1.29 is 9.59 Å². The smallest absolute Gasteiger partial charge is 0.189 e. The van der Waals surface area contributed by atoms with Gasteiger partial charge in [0.05, 0.1) is 0 Å². The molecular weight excluding hydrogens is 272 g/mol. The summed E-state index contributed by atoms with van der Waals surface area (Å²) >= 11 is 0. The normalized spacial score (nSPS) is 14.6. The summed E-state index contributed by atoms with van der Waals surface area (Å²) in [6, 6.07) is 15.3. The molecule has 0 atom stereocenters. The molecule has 2 heteroatoms. The van der Waals surface area contributed by atoms with Crippen LogP contribution >= 0.6 is 0 Å². The lowest BCUT2D eigenvalue weighted by molar-refractivity contribution is 0.103. The van der Waals surface area contributed by atoms with Gasteiger partial charge in [-0.1, -0.05) is 48.5 Å². The third-order valence-electron chi connectivity index (χ3n) is 3.87. The van der Waals surface area contributed by atoms with E-state index in [2.05, 4.69) is 0 Å². The van der Waals surface area contributed by atoms with Gasteiger partial charge in [0.2, 0.25) is 0 Å². The fourth-order valence-electron chi connectivity index (χ4n) is 2.68. The molecule has 0 unspecified atom stereocenters. The Morgan fingerprint density at radius 3 is 1.32 bits per heavy atom. The van der Waals surface area contributed by atoms with Gasteiger partial charge in [-0.25, -0.2) is 0 Å². The van der Waals surface area contributed by atoms with Gasteiger partial charge < -0.3 is 0 Å². The second-order valence-electron chi connectivity index (χ2n) is 5.49. The van der Waals surface area contributed by atoms with Crippen LogP contribution in [0.5, 0.6) is 0 Å². The van der Waals surface area contributed by atoms with Crippen molar-refractivity contribution in [3.8, 4) is 0 Å². The average molecular weight is 288 g/mol. The topological polar surface area (TPSA) is 34.1 Å². The number of allylic oxidation sites excluding steroid dienone is 2. The molecule has 2 aromatic rings. The maximum Gasteiger partial charge on any atom is 0.189 e. The zero-order valence-corrected chi connectivity index (χ0v) is 12.6. The molecule has 0 saturated carbocycles.